The second kappa shape index (κ2) is 5.08. The van der Waals surface area contributed by atoms with Gasteiger partial charge in [0.15, 0.2) is 5.75 Å². The van der Waals surface area contributed by atoms with Crippen LogP contribution >= 0.6 is 0 Å². The fraction of sp³-hybridized carbons (Fsp3) is 0.769. The lowest BCUT2D eigenvalue weighted by Gasteiger charge is -2.28. The van der Waals surface area contributed by atoms with Crippen molar-refractivity contribution in [2.75, 3.05) is 7.11 Å². The third-order valence-electron chi connectivity index (χ3n) is 2.79. The van der Waals surface area contributed by atoms with Gasteiger partial charge in [-0.15, -0.1) is 0 Å². The van der Waals surface area contributed by atoms with Gasteiger partial charge < -0.3 is 9.84 Å². The van der Waals surface area contributed by atoms with E-state index < -0.39 is 5.60 Å². The van der Waals surface area contributed by atoms with E-state index in [4.69, 9.17) is 4.74 Å². The molecule has 0 aliphatic rings. The summed E-state index contributed by atoms with van der Waals surface area (Å²) in [5, 5.41) is 14.9. The molecule has 0 radical (unpaired) electrons. The van der Waals surface area contributed by atoms with Crippen molar-refractivity contribution in [3.05, 3.63) is 11.9 Å². The van der Waals surface area contributed by atoms with Crippen molar-refractivity contribution in [2.24, 2.45) is 5.92 Å². The monoisotopic (exact) mass is 240 g/mol. The third-order valence-corrected chi connectivity index (χ3v) is 2.79. The molecule has 0 saturated carbocycles. The topological polar surface area (TPSA) is 47.3 Å². The summed E-state index contributed by atoms with van der Waals surface area (Å²) in [6.07, 6.45) is 2.35. The zero-order chi connectivity index (χ0) is 13.2. The maximum atomic E-state index is 10.6. The molecule has 0 aromatic carbocycles. The van der Waals surface area contributed by atoms with Crippen molar-refractivity contribution in [1.82, 2.24) is 9.78 Å². The molecule has 1 aromatic rings. The molecule has 0 bridgehead atoms. The Labute approximate surface area is 104 Å². The Hall–Kier alpha value is -1.03. The highest BCUT2D eigenvalue weighted by molar-refractivity contribution is 5.30. The van der Waals surface area contributed by atoms with Gasteiger partial charge in [0.1, 0.15) is 11.3 Å². The smallest absolute Gasteiger partial charge is 0.162 e. The van der Waals surface area contributed by atoms with Gasteiger partial charge in [0.25, 0.3) is 0 Å². The first-order chi connectivity index (χ1) is 7.79. The van der Waals surface area contributed by atoms with Crippen molar-refractivity contribution in [1.29, 1.82) is 0 Å². The van der Waals surface area contributed by atoms with Gasteiger partial charge >= 0.3 is 0 Å². The zero-order valence-corrected chi connectivity index (χ0v) is 11.7. The molecule has 0 amide bonds. The third kappa shape index (κ3) is 3.00. The highest BCUT2D eigenvalue weighted by atomic mass is 16.5. The molecule has 0 aliphatic carbocycles. The van der Waals surface area contributed by atoms with Crippen molar-refractivity contribution in [3.8, 4) is 5.75 Å². The molecule has 98 valence electrons. The van der Waals surface area contributed by atoms with Crippen LogP contribution in [0.25, 0.3) is 0 Å². The molecule has 1 atom stereocenters. The molecule has 1 aromatic heterocycles. The van der Waals surface area contributed by atoms with Crippen molar-refractivity contribution in [3.63, 3.8) is 0 Å². The summed E-state index contributed by atoms with van der Waals surface area (Å²) in [6.45, 7) is 10.1. The molecule has 1 heterocycles. The van der Waals surface area contributed by atoms with Gasteiger partial charge in [-0.3, -0.25) is 4.68 Å². The van der Waals surface area contributed by atoms with Crippen LogP contribution in [0, 0.1) is 5.92 Å². The second-order valence-electron chi connectivity index (χ2n) is 5.47. The summed E-state index contributed by atoms with van der Waals surface area (Å²) < 4.78 is 7.14. The van der Waals surface area contributed by atoms with E-state index in [1.807, 2.05) is 25.5 Å². The summed E-state index contributed by atoms with van der Waals surface area (Å²) >= 11 is 0. The predicted octanol–water partition coefficient (Wildman–Crippen LogP) is 2.73. The quantitative estimate of drug-likeness (QED) is 0.860. The Balaban J connectivity index is 3.21. The molecule has 0 aliphatic heterocycles. The normalized spacial score (nSPS) is 15.4. The standard InChI is InChI=1S/C13H24N2O2/c1-9(2)7-13(5,16)12-11(17-6)8-14-15(12)10(3)4/h8-10,16H,7H2,1-6H3. The molecule has 17 heavy (non-hydrogen) atoms. The molecule has 1 N–H and O–H groups in total. The van der Waals surface area contributed by atoms with Crippen LogP contribution in [0.4, 0.5) is 0 Å². The Morgan fingerprint density at radius 2 is 2.00 bits per heavy atom. The molecule has 0 spiro atoms. The number of aromatic nitrogens is 2. The fourth-order valence-electron chi connectivity index (χ4n) is 2.29. The minimum Gasteiger partial charge on any atom is -0.493 e. The molecule has 0 saturated heterocycles. The Kier molecular flexibility index (Phi) is 4.20. The first-order valence-electron chi connectivity index (χ1n) is 6.14. The number of hydrogen-bond donors (Lipinski definition) is 1. The van der Waals surface area contributed by atoms with Crippen LogP contribution in [0.3, 0.4) is 0 Å². The van der Waals surface area contributed by atoms with Crippen molar-refractivity contribution in [2.45, 2.75) is 52.7 Å². The van der Waals surface area contributed by atoms with E-state index in [-0.39, 0.29) is 6.04 Å². The number of rotatable bonds is 5. The molecule has 4 nitrogen and oxygen atoms in total. The van der Waals surface area contributed by atoms with Crippen molar-refractivity contribution >= 4 is 0 Å². The van der Waals surface area contributed by atoms with Crippen LogP contribution in [0.2, 0.25) is 0 Å². The highest BCUT2D eigenvalue weighted by Gasteiger charge is 2.33. The molecule has 1 rings (SSSR count). The minimum absolute atomic E-state index is 0.201. The van der Waals surface area contributed by atoms with E-state index >= 15 is 0 Å². The number of nitrogens with zero attached hydrogens (tertiary/aromatic N) is 2. The van der Waals surface area contributed by atoms with Gasteiger partial charge in [0.05, 0.1) is 13.3 Å². The van der Waals surface area contributed by atoms with E-state index in [2.05, 4.69) is 18.9 Å². The van der Waals surface area contributed by atoms with E-state index in [1.165, 1.54) is 0 Å². The average Bonchev–Trinajstić information content (AvgIpc) is 2.59. The SMILES string of the molecule is COc1cnn(C(C)C)c1C(C)(O)CC(C)C. The number of aliphatic hydroxyl groups is 1. The molecule has 4 heteroatoms. The summed E-state index contributed by atoms with van der Waals surface area (Å²) in [7, 11) is 1.61. The zero-order valence-electron chi connectivity index (χ0n) is 11.7. The van der Waals surface area contributed by atoms with E-state index in [0.29, 0.717) is 18.1 Å². The molecule has 1 unspecified atom stereocenters. The van der Waals surface area contributed by atoms with Gasteiger partial charge in [0.2, 0.25) is 0 Å². The van der Waals surface area contributed by atoms with E-state index in [1.54, 1.807) is 13.3 Å². The lowest BCUT2D eigenvalue weighted by molar-refractivity contribution is 0.0225. The lowest BCUT2D eigenvalue weighted by atomic mass is 9.90. The largest absolute Gasteiger partial charge is 0.493 e. The lowest BCUT2D eigenvalue weighted by Crippen LogP contribution is -2.28. The van der Waals surface area contributed by atoms with Crippen LogP contribution in [0.5, 0.6) is 5.75 Å². The maximum absolute atomic E-state index is 10.6. The van der Waals surface area contributed by atoms with Crippen LogP contribution in [-0.2, 0) is 5.60 Å². The average molecular weight is 240 g/mol. The van der Waals surface area contributed by atoms with Gasteiger partial charge in [-0.25, -0.2) is 0 Å². The summed E-state index contributed by atoms with van der Waals surface area (Å²) in [5.74, 6) is 1.06. The van der Waals surface area contributed by atoms with Gasteiger partial charge in [0, 0.05) is 6.04 Å². The van der Waals surface area contributed by atoms with Crippen molar-refractivity contribution < 1.29 is 9.84 Å². The number of ether oxygens (including phenoxy) is 1. The first kappa shape index (κ1) is 14.0. The highest BCUT2D eigenvalue weighted by Crippen LogP contribution is 2.35. The van der Waals surface area contributed by atoms with Gasteiger partial charge in [-0.1, -0.05) is 13.8 Å². The van der Waals surface area contributed by atoms with Crippen LogP contribution < -0.4 is 4.74 Å². The number of methoxy groups -OCH3 is 1. The van der Waals surface area contributed by atoms with E-state index in [9.17, 15) is 5.11 Å². The fourth-order valence-corrected chi connectivity index (χ4v) is 2.29. The Morgan fingerprint density at radius 3 is 2.41 bits per heavy atom. The van der Waals surface area contributed by atoms with Crippen LogP contribution in [-0.4, -0.2) is 22.0 Å². The summed E-state index contributed by atoms with van der Waals surface area (Å²) in [6, 6.07) is 0.201. The van der Waals surface area contributed by atoms with Gasteiger partial charge in [-0.2, -0.15) is 5.10 Å². The predicted molar refractivity (Wildman–Crippen MR) is 68.2 cm³/mol. The van der Waals surface area contributed by atoms with Gasteiger partial charge in [-0.05, 0) is 33.1 Å². The van der Waals surface area contributed by atoms with E-state index in [0.717, 1.165) is 5.69 Å². The maximum Gasteiger partial charge on any atom is 0.162 e. The van der Waals surface area contributed by atoms with Crippen LogP contribution in [0.1, 0.15) is 52.8 Å². The molecular formula is C13H24N2O2. The molecule has 0 fully saturated rings. The Bertz CT molecular complexity index is 367. The molecular weight excluding hydrogens is 216 g/mol. The van der Waals surface area contributed by atoms with Crippen LogP contribution in [0.15, 0.2) is 6.20 Å². The number of hydrogen-bond acceptors (Lipinski definition) is 3. The minimum atomic E-state index is -0.916. The summed E-state index contributed by atoms with van der Waals surface area (Å²) in [5.41, 5.74) is -0.149. The first-order valence-corrected chi connectivity index (χ1v) is 6.14. The summed E-state index contributed by atoms with van der Waals surface area (Å²) in [4.78, 5) is 0. The second-order valence-corrected chi connectivity index (χ2v) is 5.47. The Morgan fingerprint density at radius 1 is 1.41 bits per heavy atom.